The average Bonchev–Trinajstić information content (AvgIpc) is 2.25. The van der Waals surface area contributed by atoms with Crippen LogP contribution in [0, 0.1) is 0 Å². The van der Waals surface area contributed by atoms with E-state index in [1.807, 2.05) is 0 Å². The van der Waals surface area contributed by atoms with Gasteiger partial charge in [0.15, 0.2) is 0 Å². The van der Waals surface area contributed by atoms with Crippen molar-refractivity contribution in [2.24, 2.45) is 0 Å². The Morgan fingerprint density at radius 2 is 1.05 bits per heavy atom. The fraction of sp³-hybridized carbons (Fsp3) is 0.875. The smallest absolute Gasteiger partial charge is 0.232 e. The fourth-order valence-electron chi connectivity index (χ4n) is 3.83. The number of rotatable bonds is 8. The molecular formula is C16H36N2Si. The van der Waals surface area contributed by atoms with E-state index >= 15 is 0 Å². The molecule has 0 aliphatic carbocycles. The topological polar surface area (TPSA) is 6.48 Å². The quantitative estimate of drug-likeness (QED) is 0.609. The molecule has 0 saturated heterocycles. The van der Waals surface area contributed by atoms with Gasteiger partial charge in [0.1, 0.15) is 0 Å². The first kappa shape index (κ1) is 18.9. The van der Waals surface area contributed by atoms with Gasteiger partial charge < -0.3 is 9.13 Å². The average molecular weight is 285 g/mol. The molecule has 0 saturated carbocycles. The van der Waals surface area contributed by atoms with Crippen LogP contribution >= 0.6 is 0 Å². The normalized spacial score (nSPS) is 13.6. The highest BCUT2D eigenvalue weighted by molar-refractivity contribution is 6.79. The molecule has 114 valence electrons. The van der Waals surface area contributed by atoms with E-state index in [9.17, 15) is 0 Å². The Morgan fingerprint density at radius 3 is 1.16 bits per heavy atom. The molecule has 3 heteroatoms. The molecule has 0 unspecified atom stereocenters. The molecule has 0 bridgehead atoms. The number of nitrogens with zero attached hydrogens (tertiary/aromatic N) is 2. The standard InChI is InChI=1S/C16H36N2Si/c1-11-19(12-2,17(13(3)4)14(5)6)18(15(7)8)16(9)10/h11,13-16H,1,12H2,2-10H3. The van der Waals surface area contributed by atoms with Gasteiger partial charge in [-0.05, 0) is 30.2 Å². The van der Waals surface area contributed by atoms with Crippen LogP contribution in [0.5, 0.6) is 0 Å². The second-order valence-corrected chi connectivity index (χ2v) is 10.5. The van der Waals surface area contributed by atoms with Crippen molar-refractivity contribution in [2.45, 2.75) is 92.5 Å². The van der Waals surface area contributed by atoms with Crippen molar-refractivity contribution in [2.75, 3.05) is 0 Å². The van der Waals surface area contributed by atoms with E-state index in [0.717, 1.165) is 0 Å². The summed E-state index contributed by atoms with van der Waals surface area (Å²) >= 11 is 0. The highest BCUT2D eigenvalue weighted by atomic mass is 28.3. The van der Waals surface area contributed by atoms with E-state index in [2.05, 4.69) is 83.7 Å². The van der Waals surface area contributed by atoms with Crippen LogP contribution < -0.4 is 0 Å². The Balaban J connectivity index is 5.85. The number of hydrogen-bond acceptors (Lipinski definition) is 2. The number of hydrogen-bond donors (Lipinski definition) is 0. The van der Waals surface area contributed by atoms with Gasteiger partial charge in [0.05, 0.1) is 0 Å². The van der Waals surface area contributed by atoms with Gasteiger partial charge in [-0.1, -0.05) is 68.0 Å². The molecule has 0 rings (SSSR count). The van der Waals surface area contributed by atoms with E-state index < -0.39 is 8.40 Å². The molecule has 0 aromatic carbocycles. The molecule has 0 radical (unpaired) electrons. The van der Waals surface area contributed by atoms with E-state index in [4.69, 9.17) is 0 Å². The zero-order chi connectivity index (χ0) is 15.4. The first-order valence-electron chi connectivity index (χ1n) is 7.86. The summed E-state index contributed by atoms with van der Waals surface area (Å²) in [6.07, 6.45) is 0. The van der Waals surface area contributed by atoms with Gasteiger partial charge in [0, 0.05) is 0 Å². The second-order valence-electron chi connectivity index (χ2n) is 6.63. The molecule has 0 heterocycles. The van der Waals surface area contributed by atoms with Crippen LogP contribution in [0.2, 0.25) is 6.04 Å². The molecule has 0 N–H and O–H groups in total. The molecule has 0 fully saturated rings. The van der Waals surface area contributed by atoms with E-state index in [1.165, 1.54) is 6.04 Å². The van der Waals surface area contributed by atoms with Crippen molar-refractivity contribution in [1.82, 2.24) is 9.13 Å². The van der Waals surface area contributed by atoms with Crippen molar-refractivity contribution in [3.8, 4) is 0 Å². The van der Waals surface area contributed by atoms with Crippen molar-refractivity contribution in [3.05, 3.63) is 12.3 Å². The van der Waals surface area contributed by atoms with Gasteiger partial charge in [-0.15, -0.1) is 6.58 Å². The minimum Gasteiger partial charge on any atom is -0.304 e. The van der Waals surface area contributed by atoms with Crippen molar-refractivity contribution >= 4 is 8.40 Å². The highest BCUT2D eigenvalue weighted by Gasteiger charge is 2.46. The highest BCUT2D eigenvalue weighted by Crippen LogP contribution is 2.30. The van der Waals surface area contributed by atoms with E-state index in [1.54, 1.807) is 0 Å². The molecule has 0 aromatic heterocycles. The third-order valence-corrected chi connectivity index (χ3v) is 9.52. The SMILES string of the molecule is C=C[Si](CC)(N(C(C)C)C(C)C)N(C(C)C)C(C)C. The largest absolute Gasteiger partial charge is 0.304 e. The van der Waals surface area contributed by atoms with Crippen LogP contribution in [0.25, 0.3) is 0 Å². The Labute approximate surface area is 123 Å². The maximum absolute atomic E-state index is 4.25. The van der Waals surface area contributed by atoms with Crippen LogP contribution in [0.1, 0.15) is 62.3 Å². The monoisotopic (exact) mass is 284 g/mol. The molecule has 0 spiro atoms. The third-order valence-electron chi connectivity index (χ3n) is 3.97. The molecule has 19 heavy (non-hydrogen) atoms. The summed E-state index contributed by atoms with van der Waals surface area (Å²) in [5.74, 6) is 0. The Hall–Kier alpha value is -0.123. The maximum Gasteiger partial charge on any atom is 0.232 e. The van der Waals surface area contributed by atoms with Gasteiger partial charge in [0.2, 0.25) is 8.40 Å². The fourth-order valence-corrected chi connectivity index (χ4v) is 9.12. The molecule has 0 atom stereocenters. The zero-order valence-corrected chi connectivity index (χ0v) is 15.7. The van der Waals surface area contributed by atoms with Crippen molar-refractivity contribution in [1.29, 1.82) is 0 Å². The predicted octanol–water partition coefficient (Wildman–Crippen LogP) is 4.41. The van der Waals surface area contributed by atoms with E-state index in [-0.39, 0.29) is 0 Å². The van der Waals surface area contributed by atoms with Gasteiger partial charge in [-0.3, -0.25) is 0 Å². The van der Waals surface area contributed by atoms with Gasteiger partial charge in [0.25, 0.3) is 0 Å². The Bertz CT molecular complexity index is 236. The van der Waals surface area contributed by atoms with Crippen LogP contribution in [0.4, 0.5) is 0 Å². The summed E-state index contributed by atoms with van der Waals surface area (Å²) in [5, 5.41) is 0. The Morgan fingerprint density at radius 1 is 0.789 bits per heavy atom. The summed E-state index contributed by atoms with van der Waals surface area (Å²) in [5.41, 5.74) is 2.30. The second kappa shape index (κ2) is 7.60. The lowest BCUT2D eigenvalue weighted by atomic mass is 10.3. The lowest BCUT2D eigenvalue weighted by Crippen LogP contribution is -2.71. The summed E-state index contributed by atoms with van der Waals surface area (Å²) in [6.45, 7) is 25.1. The predicted molar refractivity (Wildman–Crippen MR) is 90.7 cm³/mol. The Kier molecular flexibility index (Phi) is 7.55. The molecule has 0 aliphatic rings. The van der Waals surface area contributed by atoms with Gasteiger partial charge in [-0.25, -0.2) is 0 Å². The van der Waals surface area contributed by atoms with Gasteiger partial charge in [-0.2, -0.15) is 0 Å². The summed E-state index contributed by atoms with van der Waals surface area (Å²) in [6, 6.07) is 3.44. The lowest BCUT2D eigenvalue weighted by molar-refractivity contribution is 0.209. The molecular weight excluding hydrogens is 248 g/mol. The van der Waals surface area contributed by atoms with Crippen molar-refractivity contribution in [3.63, 3.8) is 0 Å². The molecule has 0 aromatic rings. The lowest BCUT2D eigenvalue weighted by Gasteiger charge is -2.54. The van der Waals surface area contributed by atoms with Crippen molar-refractivity contribution < 1.29 is 0 Å². The first-order chi connectivity index (χ1) is 8.65. The summed E-state index contributed by atoms with van der Waals surface area (Å²) in [4.78, 5) is 0. The maximum atomic E-state index is 4.25. The van der Waals surface area contributed by atoms with Crippen LogP contribution in [0.15, 0.2) is 12.3 Å². The first-order valence-corrected chi connectivity index (χ1v) is 10.0. The minimum atomic E-state index is -1.82. The molecule has 0 aliphatic heterocycles. The van der Waals surface area contributed by atoms with Crippen LogP contribution in [0.3, 0.4) is 0 Å². The van der Waals surface area contributed by atoms with Gasteiger partial charge >= 0.3 is 0 Å². The third kappa shape index (κ3) is 3.93. The molecule has 2 nitrogen and oxygen atoms in total. The van der Waals surface area contributed by atoms with Crippen LogP contribution in [-0.4, -0.2) is 41.7 Å². The zero-order valence-electron chi connectivity index (χ0n) is 14.7. The van der Waals surface area contributed by atoms with Crippen LogP contribution in [-0.2, 0) is 0 Å². The van der Waals surface area contributed by atoms with E-state index in [0.29, 0.717) is 24.2 Å². The minimum absolute atomic E-state index is 0.560. The summed E-state index contributed by atoms with van der Waals surface area (Å²) < 4.78 is 5.47. The summed E-state index contributed by atoms with van der Waals surface area (Å²) in [7, 11) is -1.82. The molecule has 0 amide bonds.